The van der Waals surface area contributed by atoms with Crippen LogP contribution in [0.3, 0.4) is 0 Å². The molecule has 0 spiro atoms. The molecule has 7 nitrogen and oxygen atoms in total. The van der Waals surface area contributed by atoms with Gasteiger partial charge in [-0.25, -0.2) is 5.10 Å². The molecule has 0 atom stereocenters. The lowest BCUT2D eigenvalue weighted by molar-refractivity contribution is -0.115. The summed E-state index contributed by atoms with van der Waals surface area (Å²) < 4.78 is 0. The Bertz CT molecular complexity index is 1020. The lowest BCUT2D eigenvalue weighted by Crippen LogP contribution is -2.13. The van der Waals surface area contributed by atoms with Crippen LogP contribution in [0.1, 0.15) is 12.0 Å². The zero-order chi connectivity index (χ0) is 19.1. The van der Waals surface area contributed by atoms with Gasteiger partial charge in [0.2, 0.25) is 5.91 Å². The maximum Gasteiger partial charge on any atom is 0.264 e. The molecular formula is C20H17N5O2. The topological polar surface area (TPSA) is 111 Å². The maximum absolute atomic E-state index is 11.9. The van der Waals surface area contributed by atoms with Gasteiger partial charge >= 0.3 is 0 Å². The number of nitriles is 1. The average Bonchev–Trinajstić information content (AvgIpc) is 2.68. The maximum atomic E-state index is 11.9. The van der Waals surface area contributed by atoms with Gasteiger partial charge in [-0.3, -0.25) is 9.59 Å². The van der Waals surface area contributed by atoms with Crippen LogP contribution in [-0.2, 0) is 11.3 Å². The van der Waals surface area contributed by atoms with Gasteiger partial charge in [-0.1, -0.05) is 36.4 Å². The number of hydrogen-bond donors (Lipinski definition) is 3. The van der Waals surface area contributed by atoms with Crippen LogP contribution in [0.2, 0.25) is 0 Å². The average molecular weight is 359 g/mol. The van der Waals surface area contributed by atoms with E-state index in [0.717, 1.165) is 16.8 Å². The number of anilines is 2. The Labute approximate surface area is 155 Å². The largest absolute Gasteiger partial charge is 0.379 e. The fraction of sp³-hybridized carbons (Fsp3) is 0.100. The number of carbonyl (C=O) groups excluding carboxylic acids is 1. The molecule has 3 rings (SSSR count). The summed E-state index contributed by atoms with van der Waals surface area (Å²) in [5, 5.41) is 21.2. The molecule has 1 heterocycles. The predicted octanol–water partition coefficient (Wildman–Crippen LogP) is 2.90. The van der Waals surface area contributed by atoms with E-state index < -0.39 is 5.91 Å². The monoisotopic (exact) mass is 359 g/mol. The third-order valence-corrected chi connectivity index (χ3v) is 3.83. The number of amides is 1. The molecule has 0 aliphatic rings. The van der Waals surface area contributed by atoms with E-state index in [1.807, 2.05) is 48.5 Å². The summed E-state index contributed by atoms with van der Waals surface area (Å²) in [7, 11) is 0. The van der Waals surface area contributed by atoms with E-state index in [4.69, 9.17) is 5.26 Å². The highest BCUT2D eigenvalue weighted by molar-refractivity contribution is 5.96. The molecule has 27 heavy (non-hydrogen) atoms. The van der Waals surface area contributed by atoms with Crippen molar-refractivity contribution >= 4 is 17.3 Å². The van der Waals surface area contributed by atoms with Gasteiger partial charge in [0.1, 0.15) is 6.42 Å². The van der Waals surface area contributed by atoms with E-state index in [1.165, 1.54) is 6.07 Å². The number of nitrogens with one attached hydrogen (secondary N) is 3. The number of aromatic nitrogens is 2. The highest BCUT2D eigenvalue weighted by Crippen LogP contribution is 2.28. The van der Waals surface area contributed by atoms with Crippen LogP contribution in [0.25, 0.3) is 11.3 Å². The minimum atomic E-state index is -0.396. The third-order valence-electron chi connectivity index (χ3n) is 3.83. The molecule has 0 fully saturated rings. The number of carbonyl (C=O) groups is 1. The van der Waals surface area contributed by atoms with E-state index >= 15 is 0 Å². The Kier molecular flexibility index (Phi) is 5.60. The third kappa shape index (κ3) is 4.80. The second-order valence-electron chi connectivity index (χ2n) is 5.79. The molecule has 0 unspecified atom stereocenters. The van der Waals surface area contributed by atoms with Gasteiger partial charge in [0.25, 0.3) is 5.56 Å². The summed E-state index contributed by atoms with van der Waals surface area (Å²) in [6.07, 6.45) is -0.237. The Morgan fingerprint density at radius 3 is 2.59 bits per heavy atom. The summed E-state index contributed by atoms with van der Waals surface area (Å²) in [5.74, 6) is -0.396. The van der Waals surface area contributed by atoms with Gasteiger partial charge in [-0.15, -0.1) is 0 Å². The first-order valence-corrected chi connectivity index (χ1v) is 8.30. The van der Waals surface area contributed by atoms with Crippen LogP contribution in [0.5, 0.6) is 0 Å². The molecule has 0 aliphatic carbocycles. The molecule has 2 aromatic carbocycles. The molecule has 0 saturated carbocycles. The summed E-state index contributed by atoms with van der Waals surface area (Å²) in [5.41, 5.74) is 3.36. The SMILES string of the molecule is N#CCC(=O)Nc1cc(-c2ccc(=O)[nH]n2)ccc1NCc1ccccc1. The van der Waals surface area contributed by atoms with Gasteiger partial charge < -0.3 is 10.6 Å². The molecule has 0 aliphatic heterocycles. The van der Waals surface area contributed by atoms with E-state index in [9.17, 15) is 9.59 Å². The lowest BCUT2D eigenvalue weighted by Gasteiger charge is -2.14. The van der Waals surface area contributed by atoms with Crippen LogP contribution in [-0.4, -0.2) is 16.1 Å². The van der Waals surface area contributed by atoms with Crippen LogP contribution in [0, 0.1) is 11.3 Å². The minimum Gasteiger partial charge on any atom is -0.379 e. The normalized spacial score (nSPS) is 10.0. The second-order valence-corrected chi connectivity index (χ2v) is 5.79. The van der Waals surface area contributed by atoms with Crippen molar-refractivity contribution in [2.45, 2.75) is 13.0 Å². The Hall–Kier alpha value is -3.92. The number of nitrogens with zero attached hydrogens (tertiary/aromatic N) is 2. The van der Waals surface area contributed by atoms with Gasteiger partial charge in [-0.2, -0.15) is 10.4 Å². The van der Waals surface area contributed by atoms with Crippen molar-refractivity contribution in [2.24, 2.45) is 0 Å². The molecule has 0 bridgehead atoms. The standard InChI is InChI=1S/C20H17N5O2/c21-11-10-19(26)23-18-12-15(16-8-9-20(27)25-24-16)6-7-17(18)22-13-14-4-2-1-3-5-14/h1-9,12,22H,10,13H2,(H,23,26)(H,25,27). The summed E-state index contributed by atoms with van der Waals surface area (Å²) in [6.45, 7) is 0.582. The highest BCUT2D eigenvalue weighted by Gasteiger charge is 2.10. The van der Waals surface area contributed by atoms with Gasteiger partial charge in [0.05, 0.1) is 23.1 Å². The van der Waals surface area contributed by atoms with E-state index in [1.54, 1.807) is 12.1 Å². The molecule has 134 valence electrons. The Morgan fingerprint density at radius 1 is 1.07 bits per heavy atom. The van der Waals surface area contributed by atoms with Crippen molar-refractivity contribution in [2.75, 3.05) is 10.6 Å². The zero-order valence-electron chi connectivity index (χ0n) is 14.4. The van der Waals surface area contributed by atoms with E-state index in [0.29, 0.717) is 17.9 Å². The first kappa shape index (κ1) is 17.9. The van der Waals surface area contributed by atoms with Crippen LogP contribution >= 0.6 is 0 Å². The first-order valence-electron chi connectivity index (χ1n) is 8.30. The van der Waals surface area contributed by atoms with Gasteiger partial charge in [-0.05, 0) is 23.8 Å². The fourth-order valence-corrected chi connectivity index (χ4v) is 2.53. The lowest BCUT2D eigenvalue weighted by atomic mass is 10.1. The number of H-pyrrole nitrogens is 1. The summed E-state index contributed by atoms with van der Waals surface area (Å²) >= 11 is 0. The summed E-state index contributed by atoms with van der Waals surface area (Å²) in [6, 6.07) is 20.1. The number of rotatable bonds is 6. The van der Waals surface area contributed by atoms with Gasteiger partial charge in [0, 0.05) is 18.2 Å². The van der Waals surface area contributed by atoms with Crippen LogP contribution in [0.15, 0.2) is 65.5 Å². The number of aromatic amines is 1. The first-order chi connectivity index (χ1) is 13.2. The molecular weight excluding hydrogens is 342 g/mol. The van der Waals surface area contributed by atoms with Crippen molar-refractivity contribution in [3.05, 3.63) is 76.6 Å². The smallest absolute Gasteiger partial charge is 0.264 e. The second kappa shape index (κ2) is 8.45. The summed E-state index contributed by atoms with van der Waals surface area (Å²) in [4.78, 5) is 23.1. The quantitative estimate of drug-likeness (QED) is 0.627. The van der Waals surface area contributed by atoms with Crippen molar-refractivity contribution in [1.29, 1.82) is 5.26 Å². The van der Waals surface area contributed by atoms with Crippen LogP contribution < -0.4 is 16.2 Å². The Balaban J connectivity index is 1.88. The van der Waals surface area contributed by atoms with Crippen molar-refractivity contribution in [1.82, 2.24) is 10.2 Å². The minimum absolute atomic E-state index is 0.237. The number of benzene rings is 2. The van der Waals surface area contributed by atoms with Crippen molar-refractivity contribution < 1.29 is 4.79 Å². The molecule has 0 radical (unpaired) electrons. The Morgan fingerprint density at radius 2 is 1.89 bits per heavy atom. The molecule has 1 aromatic heterocycles. The molecule has 3 aromatic rings. The van der Waals surface area contributed by atoms with E-state index in [2.05, 4.69) is 20.8 Å². The van der Waals surface area contributed by atoms with E-state index in [-0.39, 0.29) is 12.0 Å². The molecule has 7 heteroatoms. The molecule has 0 saturated heterocycles. The number of hydrogen-bond acceptors (Lipinski definition) is 5. The predicted molar refractivity (Wildman–Crippen MR) is 103 cm³/mol. The van der Waals surface area contributed by atoms with Gasteiger partial charge in [0.15, 0.2) is 0 Å². The molecule has 1 amide bonds. The van der Waals surface area contributed by atoms with Crippen LogP contribution in [0.4, 0.5) is 11.4 Å². The van der Waals surface area contributed by atoms with Crippen molar-refractivity contribution in [3.8, 4) is 17.3 Å². The fourth-order valence-electron chi connectivity index (χ4n) is 2.53. The highest BCUT2D eigenvalue weighted by atomic mass is 16.1. The molecule has 3 N–H and O–H groups in total. The zero-order valence-corrected chi connectivity index (χ0v) is 14.4. The van der Waals surface area contributed by atoms with Crippen molar-refractivity contribution in [3.63, 3.8) is 0 Å².